The first-order valence-corrected chi connectivity index (χ1v) is 11.6. The van der Waals surface area contributed by atoms with E-state index in [9.17, 15) is 17.2 Å². The SMILES string of the molecule is COc1ccc2c(c1)CCN1Cc3cc(OC)c(OS(=O)(=O)C(C)(F)/C=C/F)cc3CC21. The standard InChI is InChI=1S/C23H25F2NO5S/c1-23(25,7-8-24)32(27,28)31-22-12-16-11-20-19-5-4-18(29-2)10-15(19)6-9-26(20)14-17(16)13-21(22)30-3/h4-5,7-8,10,12-13,20H,6,9,11,14H2,1-3H3/b8-7+. The van der Waals surface area contributed by atoms with Crippen molar-refractivity contribution in [2.75, 3.05) is 20.8 Å². The second-order valence-corrected chi connectivity index (χ2v) is 9.97. The lowest BCUT2D eigenvalue weighted by atomic mass is 9.84. The van der Waals surface area contributed by atoms with Crippen molar-refractivity contribution in [3.63, 3.8) is 0 Å². The number of benzene rings is 2. The molecule has 6 nitrogen and oxygen atoms in total. The van der Waals surface area contributed by atoms with Crippen LogP contribution in [0.4, 0.5) is 8.78 Å². The quantitative estimate of drug-likeness (QED) is 0.595. The summed E-state index contributed by atoms with van der Waals surface area (Å²) in [5.74, 6) is 0.866. The Hall–Kier alpha value is -2.65. The van der Waals surface area contributed by atoms with E-state index in [-0.39, 0.29) is 23.9 Å². The van der Waals surface area contributed by atoms with Gasteiger partial charge in [0, 0.05) is 19.1 Å². The number of rotatable bonds is 6. The van der Waals surface area contributed by atoms with Gasteiger partial charge in [0.05, 0.1) is 20.5 Å². The molecule has 0 fully saturated rings. The molecule has 0 aliphatic carbocycles. The van der Waals surface area contributed by atoms with Gasteiger partial charge in [-0.05, 0) is 72.4 Å². The Balaban J connectivity index is 1.69. The summed E-state index contributed by atoms with van der Waals surface area (Å²) in [5.41, 5.74) is 4.32. The summed E-state index contributed by atoms with van der Waals surface area (Å²) in [5, 5.41) is -3.03. The molecule has 0 bridgehead atoms. The minimum absolute atomic E-state index is 0.121. The van der Waals surface area contributed by atoms with Crippen molar-refractivity contribution in [3.05, 3.63) is 65.0 Å². The van der Waals surface area contributed by atoms with Gasteiger partial charge in [0.15, 0.2) is 11.5 Å². The maximum Gasteiger partial charge on any atom is 0.348 e. The summed E-state index contributed by atoms with van der Waals surface area (Å²) in [7, 11) is -1.79. The van der Waals surface area contributed by atoms with Crippen LogP contribution in [0.15, 0.2) is 42.7 Å². The van der Waals surface area contributed by atoms with E-state index in [1.165, 1.54) is 18.2 Å². The van der Waals surface area contributed by atoms with E-state index in [1.807, 2.05) is 6.07 Å². The zero-order valence-electron chi connectivity index (χ0n) is 18.1. The molecule has 0 saturated carbocycles. The third-order valence-corrected chi connectivity index (χ3v) is 7.65. The third kappa shape index (κ3) is 3.95. The molecule has 2 aliphatic heterocycles. The molecule has 4 rings (SSSR count). The molecule has 2 aromatic rings. The fourth-order valence-electron chi connectivity index (χ4n) is 4.32. The van der Waals surface area contributed by atoms with Crippen molar-refractivity contribution in [3.8, 4) is 17.2 Å². The lowest BCUT2D eigenvalue weighted by molar-refractivity contribution is 0.160. The predicted molar refractivity (Wildman–Crippen MR) is 116 cm³/mol. The Labute approximate surface area is 186 Å². The Morgan fingerprint density at radius 3 is 2.53 bits per heavy atom. The molecule has 9 heteroatoms. The lowest BCUT2D eigenvalue weighted by Crippen LogP contribution is -2.39. The van der Waals surface area contributed by atoms with Crippen LogP contribution in [0.25, 0.3) is 0 Å². The number of ether oxygens (including phenoxy) is 2. The van der Waals surface area contributed by atoms with Crippen molar-refractivity contribution >= 4 is 10.1 Å². The van der Waals surface area contributed by atoms with Gasteiger partial charge in [-0.2, -0.15) is 8.42 Å². The highest BCUT2D eigenvalue weighted by atomic mass is 32.2. The first kappa shape index (κ1) is 22.5. The summed E-state index contributed by atoms with van der Waals surface area (Å²) >= 11 is 0. The molecular weight excluding hydrogens is 440 g/mol. The number of fused-ring (bicyclic) bond motifs is 4. The third-order valence-electron chi connectivity index (χ3n) is 6.14. The fourth-order valence-corrected chi connectivity index (χ4v) is 5.07. The molecule has 2 unspecified atom stereocenters. The van der Waals surface area contributed by atoms with Crippen molar-refractivity contribution < 1.29 is 30.9 Å². The Morgan fingerprint density at radius 2 is 1.84 bits per heavy atom. The van der Waals surface area contributed by atoms with Crippen molar-refractivity contribution in [1.29, 1.82) is 0 Å². The van der Waals surface area contributed by atoms with Gasteiger partial charge in [-0.1, -0.05) is 6.07 Å². The Kier molecular flexibility index (Phi) is 5.89. The predicted octanol–water partition coefficient (Wildman–Crippen LogP) is 4.24. The maximum atomic E-state index is 14.5. The van der Waals surface area contributed by atoms with Crippen LogP contribution in [0.5, 0.6) is 17.2 Å². The largest absolute Gasteiger partial charge is 0.497 e. The zero-order valence-corrected chi connectivity index (χ0v) is 18.9. The minimum atomic E-state index is -4.81. The van der Waals surface area contributed by atoms with Gasteiger partial charge in [-0.25, -0.2) is 8.78 Å². The molecule has 0 N–H and O–H groups in total. The van der Waals surface area contributed by atoms with Crippen LogP contribution in [0, 0.1) is 0 Å². The van der Waals surface area contributed by atoms with Gasteiger partial charge < -0.3 is 13.7 Å². The smallest absolute Gasteiger partial charge is 0.348 e. The summed E-state index contributed by atoms with van der Waals surface area (Å²) in [6.07, 6.45) is 1.67. The van der Waals surface area contributed by atoms with E-state index in [0.29, 0.717) is 26.0 Å². The summed E-state index contributed by atoms with van der Waals surface area (Å²) in [6, 6.07) is 9.48. The molecule has 32 heavy (non-hydrogen) atoms. The van der Waals surface area contributed by atoms with Crippen LogP contribution in [0.3, 0.4) is 0 Å². The highest BCUT2D eigenvalue weighted by molar-refractivity contribution is 7.88. The van der Waals surface area contributed by atoms with Crippen LogP contribution in [0.1, 0.15) is 35.2 Å². The van der Waals surface area contributed by atoms with E-state index in [2.05, 4.69) is 17.0 Å². The summed E-state index contributed by atoms with van der Waals surface area (Å²) < 4.78 is 67.5. The number of hydrogen-bond donors (Lipinski definition) is 0. The average Bonchev–Trinajstić information content (AvgIpc) is 2.76. The van der Waals surface area contributed by atoms with Gasteiger partial charge in [0.1, 0.15) is 5.75 Å². The summed E-state index contributed by atoms with van der Waals surface area (Å²) in [4.78, 5) is 2.37. The Morgan fingerprint density at radius 1 is 1.09 bits per heavy atom. The number of alkyl halides is 1. The van der Waals surface area contributed by atoms with Crippen molar-refractivity contribution in [1.82, 2.24) is 4.90 Å². The highest BCUT2D eigenvalue weighted by Gasteiger charge is 2.41. The lowest BCUT2D eigenvalue weighted by Gasteiger charge is -2.41. The zero-order chi connectivity index (χ0) is 23.1. The Bertz CT molecular complexity index is 1160. The topological polar surface area (TPSA) is 65.1 Å². The van der Waals surface area contributed by atoms with Crippen LogP contribution < -0.4 is 13.7 Å². The van der Waals surface area contributed by atoms with Crippen molar-refractivity contribution in [2.24, 2.45) is 0 Å². The van der Waals surface area contributed by atoms with Gasteiger partial charge in [-0.3, -0.25) is 4.90 Å². The first-order valence-electron chi connectivity index (χ1n) is 10.2. The van der Waals surface area contributed by atoms with E-state index in [1.54, 1.807) is 19.2 Å². The van der Waals surface area contributed by atoms with E-state index in [4.69, 9.17) is 13.7 Å². The number of methoxy groups -OCH3 is 2. The minimum Gasteiger partial charge on any atom is -0.497 e. The molecule has 0 spiro atoms. The maximum absolute atomic E-state index is 14.5. The highest BCUT2D eigenvalue weighted by Crippen LogP contribution is 2.43. The molecular formula is C23H25F2NO5S. The number of halogens is 2. The molecule has 2 aliphatic rings. The van der Waals surface area contributed by atoms with Crippen LogP contribution in [-0.2, 0) is 29.5 Å². The molecule has 2 aromatic carbocycles. The van der Waals surface area contributed by atoms with Gasteiger partial charge in [-0.15, -0.1) is 0 Å². The number of hydrogen-bond acceptors (Lipinski definition) is 6. The molecule has 0 saturated heterocycles. The second-order valence-electron chi connectivity index (χ2n) is 8.09. The van der Waals surface area contributed by atoms with E-state index in [0.717, 1.165) is 29.8 Å². The summed E-state index contributed by atoms with van der Waals surface area (Å²) in [6.45, 7) is 2.27. The monoisotopic (exact) mass is 465 g/mol. The van der Waals surface area contributed by atoms with Gasteiger partial charge >= 0.3 is 10.1 Å². The normalized spacial score (nSPS) is 20.1. The van der Waals surface area contributed by atoms with Crippen LogP contribution in [0.2, 0.25) is 0 Å². The molecule has 2 atom stereocenters. The van der Waals surface area contributed by atoms with Crippen LogP contribution >= 0.6 is 0 Å². The van der Waals surface area contributed by atoms with Gasteiger partial charge in [0.2, 0.25) is 0 Å². The molecule has 2 heterocycles. The molecule has 0 aromatic heterocycles. The average molecular weight is 466 g/mol. The van der Waals surface area contributed by atoms with Gasteiger partial charge in [0.25, 0.3) is 5.00 Å². The van der Waals surface area contributed by atoms with Crippen molar-refractivity contribution in [2.45, 2.75) is 37.4 Å². The fraction of sp³-hybridized carbons (Fsp3) is 0.391. The molecule has 0 amide bonds. The van der Waals surface area contributed by atoms with E-state index >= 15 is 0 Å². The molecule has 0 radical (unpaired) electrons. The van der Waals surface area contributed by atoms with Crippen LogP contribution in [-0.4, -0.2) is 39.1 Å². The number of nitrogens with zero attached hydrogens (tertiary/aromatic N) is 1. The van der Waals surface area contributed by atoms with E-state index < -0.39 is 15.1 Å². The second kappa shape index (κ2) is 8.37. The first-order chi connectivity index (χ1) is 15.2. The molecule has 172 valence electrons.